The van der Waals surface area contributed by atoms with Gasteiger partial charge in [0.05, 0.1) is 12.1 Å². The van der Waals surface area contributed by atoms with Gasteiger partial charge in [0.2, 0.25) is 5.91 Å². The molecule has 4 N–H and O–H groups in total. The zero-order valence-corrected chi connectivity index (χ0v) is 20.9. The molecule has 0 spiro atoms. The highest BCUT2D eigenvalue weighted by molar-refractivity contribution is 5.97. The van der Waals surface area contributed by atoms with Crippen molar-refractivity contribution in [2.24, 2.45) is 0 Å². The van der Waals surface area contributed by atoms with E-state index in [4.69, 9.17) is 4.74 Å². The number of nitrogens with one attached hydrogen (secondary N) is 2. The molecule has 9 nitrogen and oxygen atoms in total. The summed E-state index contributed by atoms with van der Waals surface area (Å²) in [7, 11) is 1.52. The van der Waals surface area contributed by atoms with Crippen LogP contribution in [0.15, 0.2) is 48.5 Å². The van der Waals surface area contributed by atoms with Crippen LogP contribution in [0.4, 0.5) is 0 Å². The van der Waals surface area contributed by atoms with Gasteiger partial charge in [-0.3, -0.25) is 14.4 Å². The van der Waals surface area contributed by atoms with Crippen LogP contribution >= 0.6 is 0 Å². The lowest BCUT2D eigenvalue weighted by atomic mass is 9.98. The van der Waals surface area contributed by atoms with E-state index in [0.717, 1.165) is 12.0 Å². The maximum absolute atomic E-state index is 13.5. The molecule has 0 saturated carbocycles. The van der Waals surface area contributed by atoms with Gasteiger partial charge in [0.25, 0.3) is 11.8 Å². The van der Waals surface area contributed by atoms with Crippen LogP contribution in [0.5, 0.6) is 5.75 Å². The average Bonchev–Trinajstić information content (AvgIpc) is 3.33. The van der Waals surface area contributed by atoms with Crippen molar-refractivity contribution in [3.63, 3.8) is 0 Å². The molecule has 1 fully saturated rings. The number of amides is 3. The predicted octanol–water partition coefficient (Wildman–Crippen LogP) is 1.54. The number of aliphatic hydroxyl groups is 1. The number of likely N-dealkylation sites (tertiary alicyclic amines) is 1. The van der Waals surface area contributed by atoms with Crippen molar-refractivity contribution in [2.75, 3.05) is 20.2 Å². The Hall–Kier alpha value is -3.43. The Morgan fingerprint density at radius 2 is 1.86 bits per heavy atom. The van der Waals surface area contributed by atoms with E-state index < -0.39 is 30.0 Å². The minimum absolute atomic E-state index is 0.0255. The van der Waals surface area contributed by atoms with Crippen molar-refractivity contribution in [1.29, 1.82) is 0 Å². The summed E-state index contributed by atoms with van der Waals surface area (Å²) in [4.78, 5) is 40.7. The van der Waals surface area contributed by atoms with E-state index in [-0.39, 0.29) is 36.3 Å². The number of rotatable bonds is 10. The van der Waals surface area contributed by atoms with Gasteiger partial charge in [0, 0.05) is 37.7 Å². The Morgan fingerprint density at radius 1 is 1.14 bits per heavy atom. The third-order valence-corrected chi connectivity index (χ3v) is 6.53. The normalized spacial score (nSPS) is 18.9. The largest absolute Gasteiger partial charge is 0.508 e. The van der Waals surface area contributed by atoms with Crippen molar-refractivity contribution >= 4 is 17.7 Å². The monoisotopic (exact) mass is 497 g/mol. The molecule has 1 saturated heterocycles. The molecule has 1 heterocycles. The number of methoxy groups -OCH3 is 1. The number of phenols is 1. The van der Waals surface area contributed by atoms with Gasteiger partial charge < -0.3 is 30.5 Å². The predicted molar refractivity (Wildman–Crippen MR) is 134 cm³/mol. The fourth-order valence-electron chi connectivity index (χ4n) is 4.39. The molecule has 1 aliphatic heterocycles. The van der Waals surface area contributed by atoms with Crippen LogP contribution < -0.4 is 10.6 Å². The van der Waals surface area contributed by atoms with E-state index in [1.165, 1.54) is 18.1 Å². The summed E-state index contributed by atoms with van der Waals surface area (Å²) in [6.45, 7) is 4.19. The second kappa shape index (κ2) is 12.5. The molecule has 194 valence electrons. The lowest BCUT2D eigenvalue weighted by molar-refractivity contribution is -0.146. The van der Waals surface area contributed by atoms with E-state index in [2.05, 4.69) is 10.6 Å². The number of carbonyl (C=O) groups excluding carboxylic acids is 3. The second-order valence-corrected chi connectivity index (χ2v) is 9.06. The quantitative estimate of drug-likeness (QED) is 0.394. The summed E-state index contributed by atoms with van der Waals surface area (Å²) >= 11 is 0. The summed E-state index contributed by atoms with van der Waals surface area (Å²) < 4.78 is 5.41. The maximum Gasteiger partial charge on any atom is 0.254 e. The van der Waals surface area contributed by atoms with Gasteiger partial charge >= 0.3 is 0 Å². The fraction of sp³-hybridized carbons (Fsp3) is 0.444. The topological polar surface area (TPSA) is 128 Å². The first kappa shape index (κ1) is 27.2. The summed E-state index contributed by atoms with van der Waals surface area (Å²) in [5.41, 5.74) is 1.45. The Balaban J connectivity index is 1.85. The number of nitrogens with zero attached hydrogens (tertiary/aromatic N) is 1. The molecule has 0 bridgehead atoms. The number of phenolic OH excluding ortho intramolecular Hbond substituents is 1. The van der Waals surface area contributed by atoms with Crippen molar-refractivity contribution in [3.8, 4) is 5.75 Å². The first-order valence-electron chi connectivity index (χ1n) is 12.2. The van der Waals surface area contributed by atoms with E-state index in [9.17, 15) is 24.6 Å². The minimum atomic E-state index is -1.61. The zero-order chi connectivity index (χ0) is 26.2. The highest BCUT2D eigenvalue weighted by atomic mass is 16.5. The standard InChI is InChI=1S/C27H35N3O6/c1-4-13-28-26(34)22-15-19(36-3)16-30(22)27(35)24(32)21(14-18-9-6-5-7-10-18)29-25(33)20-11-8-12-23(31)17(20)2/h5-12,19,21-22,24,31-32H,4,13-16H2,1-3H3,(H,28,34)(H,29,33)/t19-,21-,22-,24-/m0/s1. The highest BCUT2D eigenvalue weighted by Crippen LogP contribution is 2.23. The van der Waals surface area contributed by atoms with Crippen LogP contribution in [0.2, 0.25) is 0 Å². The summed E-state index contributed by atoms with van der Waals surface area (Å²) in [6.07, 6.45) is -0.684. The van der Waals surface area contributed by atoms with Crippen molar-refractivity contribution < 1.29 is 29.3 Å². The van der Waals surface area contributed by atoms with Gasteiger partial charge in [-0.25, -0.2) is 0 Å². The molecule has 0 unspecified atom stereocenters. The molecule has 3 rings (SSSR count). The number of hydrogen-bond acceptors (Lipinski definition) is 6. The molecule has 0 aromatic heterocycles. The van der Waals surface area contributed by atoms with Gasteiger partial charge in [-0.05, 0) is 37.5 Å². The number of hydrogen-bond donors (Lipinski definition) is 4. The Labute approximate surface area is 211 Å². The van der Waals surface area contributed by atoms with Crippen LogP contribution in [0, 0.1) is 6.92 Å². The first-order chi connectivity index (χ1) is 17.3. The third-order valence-electron chi connectivity index (χ3n) is 6.53. The van der Waals surface area contributed by atoms with Gasteiger partial charge in [-0.1, -0.05) is 43.3 Å². The molecule has 2 aromatic rings. The number of aromatic hydroxyl groups is 1. The number of carbonyl (C=O) groups is 3. The van der Waals surface area contributed by atoms with Gasteiger partial charge in [-0.15, -0.1) is 0 Å². The summed E-state index contributed by atoms with van der Waals surface area (Å²) in [5.74, 6) is -1.50. The smallest absolute Gasteiger partial charge is 0.254 e. The van der Waals surface area contributed by atoms with E-state index in [0.29, 0.717) is 18.5 Å². The molecule has 0 aliphatic carbocycles. The molecule has 4 atom stereocenters. The van der Waals surface area contributed by atoms with E-state index in [1.807, 2.05) is 37.3 Å². The first-order valence-corrected chi connectivity index (χ1v) is 12.2. The van der Waals surface area contributed by atoms with Crippen LogP contribution in [-0.4, -0.2) is 77.3 Å². The van der Waals surface area contributed by atoms with Crippen LogP contribution in [0.25, 0.3) is 0 Å². The number of aliphatic hydroxyl groups excluding tert-OH is 1. The van der Waals surface area contributed by atoms with Crippen molar-refractivity contribution in [1.82, 2.24) is 15.5 Å². The van der Waals surface area contributed by atoms with Crippen LogP contribution in [0.1, 0.15) is 41.3 Å². The molecular weight excluding hydrogens is 462 g/mol. The molecule has 36 heavy (non-hydrogen) atoms. The summed E-state index contributed by atoms with van der Waals surface area (Å²) in [5, 5.41) is 26.8. The van der Waals surface area contributed by atoms with Crippen LogP contribution in [-0.2, 0) is 20.7 Å². The van der Waals surface area contributed by atoms with E-state index in [1.54, 1.807) is 19.1 Å². The number of benzene rings is 2. The molecular formula is C27H35N3O6. The molecule has 1 aliphatic rings. The molecule has 0 radical (unpaired) electrons. The van der Waals surface area contributed by atoms with Gasteiger partial charge in [0.1, 0.15) is 11.8 Å². The Morgan fingerprint density at radius 3 is 2.53 bits per heavy atom. The fourth-order valence-corrected chi connectivity index (χ4v) is 4.39. The SMILES string of the molecule is CCCNC(=O)[C@@H]1C[C@H](OC)CN1C(=O)[C@@H](O)[C@H](Cc1ccccc1)NC(=O)c1cccc(O)c1C. The lowest BCUT2D eigenvalue weighted by Gasteiger charge is -2.30. The minimum Gasteiger partial charge on any atom is -0.508 e. The Kier molecular flexibility index (Phi) is 9.44. The van der Waals surface area contributed by atoms with E-state index >= 15 is 0 Å². The number of ether oxygens (including phenoxy) is 1. The van der Waals surface area contributed by atoms with Crippen molar-refractivity contribution in [2.45, 2.75) is 57.4 Å². The average molecular weight is 498 g/mol. The zero-order valence-electron chi connectivity index (χ0n) is 20.9. The van der Waals surface area contributed by atoms with Crippen LogP contribution in [0.3, 0.4) is 0 Å². The maximum atomic E-state index is 13.5. The van der Waals surface area contributed by atoms with Crippen molar-refractivity contribution in [3.05, 3.63) is 65.2 Å². The second-order valence-electron chi connectivity index (χ2n) is 9.06. The third kappa shape index (κ3) is 6.41. The lowest BCUT2D eigenvalue weighted by Crippen LogP contribution is -2.56. The molecule has 2 aromatic carbocycles. The summed E-state index contributed by atoms with van der Waals surface area (Å²) in [6, 6.07) is 12.1. The van der Waals surface area contributed by atoms with Gasteiger partial charge in [-0.2, -0.15) is 0 Å². The highest BCUT2D eigenvalue weighted by Gasteiger charge is 2.43. The molecule has 9 heteroatoms. The Bertz CT molecular complexity index is 1060. The molecule has 3 amide bonds. The van der Waals surface area contributed by atoms with Gasteiger partial charge in [0.15, 0.2) is 6.10 Å².